The summed E-state index contributed by atoms with van der Waals surface area (Å²) in [6, 6.07) is 16.3. The van der Waals surface area contributed by atoms with Gasteiger partial charge in [0.15, 0.2) is 0 Å². The number of ether oxygens (including phenoxy) is 2. The molecule has 10 heteroatoms. The third-order valence-corrected chi connectivity index (χ3v) is 8.55. The molecule has 1 heterocycles. The van der Waals surface area contributed by atoms with Crippen LogP contribution in [-0.4, -0.2) is 57.9 Å². The first-order chi connectivity index (χ1) is 20.1. The number of alkyl carbamates (subject to hydrolysis) is 1. The largest absolute Gasteiger partial charge is 0.481 e. The van der Waals surface area contributed by atoms with Gasteiger partial charge in [-0.15, -0.1) is 11.3 Å². The highest BCUT2D eigenvalue weighted by molar-refractivity contribution is 7.11. The van der Waals surface area contributed by atoms with Crippen molar-refractivity contribution in [2.24, 2.45) is 0 Å². The lowest BCUT2D eigenvalue weighted by molar-refractivity contribution is -0.137. The molecule has 0 fully saturated rings. The lowest BCUT2D eigenvalue weighted by Gasteiger charge is -2.25. The number of fused-ring (bicyclic) bond motifs is 4. The molecule has 2 aromatic carbocycles. The van der Waals surface area contributed by atoms with Gasteiger partial charge in [0, 0.05) is 36.2 Å². The molecule has 5 rings (SSSR count). The van der Waals surface area contributed by atoms with Gasteiger partial charge in [-0.05, 0) is 62.3 Å². The zero-order valence-electron chi connectivity index (χ0n) is 24.2. The molecule has 2 aliphatic rings. The van der Waals surface area contributed by atoms with E-state index in [0.717, 1.165) is 50.7 Å². The van der Waals surface area contributed by atoms with Crippen molar-refractivity contribution >= 4 is 29.5 Å². The number of nitrogens with zero attached hydrogens (tertiary/aromatic N) is 2. The summed E-state index contributed by atoms with van der Waals surface area (Å²) in [6.07, 6.45) is 1.48. The van der Waals surface area contributed by atoms with Gasteiger partial charge in [0.25, 0.3) is 0 Å². The molecule has 0 unspecified atom stereocenters. The van der Waals surface area contributed by atoms with Crippen LogP contribution in [0.25, 0.3) is 11.1 Å². The first kappa shape index (κ1) is 29.6. The molecule has 0 saturated heterocycles. The molecule has 1 atom stereocenters. The predicted molar refractivity (Wildman–Crippen MR) is 160 cm³/mol. The molecule has 0 spiro atoms. The summed E-state index contributed by atoms with van der Waals surface area (Å²) in [6.45, 7) is 6.17. The van der Waals surface area contributed by atoms with Crippen LogP contribution >= 0.6 is 11.3 Å². The number of benzene rings is 2. The fourth-order valence-corrected chi connectivity index (χ4v) is 6.81. The number of aromatic nitrogens is 1. The minimum Gasteiger partial charge on any atom is -0.481 e. The maximum Gasteiger partial charge on any atom is 0.410 e. The Morgan fingerprint density at radius 1 is 1.07 bits per heavy atom. The number of carbonyl (C=O) groups excluding carboxylic acids is 2. The Hall–Kier alpha value is -3.92. The Morgan fingerprint density at radius 2 is 1.74 bits per heavy atom. The minimum absolute atomic E-state index is 0.0421. The molecular weight excluding hydrogens is 554 g/mol. The highest BCUT2D eigenvalue weighted by Gasteiger charge is 2.31. The summed E-state index contributed by atoms with van der Waals surface area (Å²) >= 11 is 1.52. The van der Waals surface area contributed by atoms with Gasteiger partial charge in [-0.25, -0.2) is 14.6 Å². The average molecular weight is 592 g/mol. The maximum atomic E-state index is 13.4. The van der Waals surface area contributed by atoms with Crippen molar-refractivity contribution in [3.05, 3.63) is 75.2 Å². The number of aliphatic carboxylic acids is 1. The van der Waals surface area contributed by atoms with E-state index in [9.17, 15) is 14.4 Å². The number of hydrogen-bond donors (Lipinski definition) is 2. The van der Waals surface area contributed by atoms with Crippen molar-refractivity contribution in [2.45, 2.75) is 77.0 Å². The number of nitrogens with one attached hydrogen (secondary N) is 1. The fourth-order valence-electron chi connectivity index (χ4n) is 5.60. The van der Waals surface area contributed by atoms with Gasteiger partial charge < -0.3 is 24.8 Å². The topological polar surface area (TPSA) is 118 Å². The van der Waals surface area contributed by atoms with Gasteiger partial charge in [0.05, 0.1) is 12.2 Å². The van der Waals surface area contributed by atoms with E-state index in [1.54, 1.807) is 4.90 Å². The molecule has 1 aromatic heterocycles. The second-order valence-electron chi connectivity index (χ2n) is 11.8. The van der Waals surface area contributed by atoms with Crippen molar-refractivity contribution in [1.29, 1.82) is 0 Å². The Kier molecular flexibility index (Phi) is 8.82. The van der Waals surface area contributed by atoms with Gasteiger partial charge in [-0.1, -0.05) is 48.5 Å². The van der Waals surface area contributed by atoms with Crippen LogP contribution < -0.4 is 5.32 Å². The van der Waals surface area contributed by atoms with Gasteiger partial charge in [0.2, 0.25) is 0 Å². The van der Waals surface area contributed by atoms with Crippen molar-refractivity contribution < 1.29 is 29.0 Å². The zero-order valence-corrected chi connectivity index (χ0v) is 25.0. The van der Waals surface area contributed by atoms with E-state index < -0.39 is 23.8 Å². The monoisotopic (exact) mass is 591 g/mol. The summed E-state index contributed by atoms with van der Waals surface area (Å²) in [5, 5.41) is 12.9. The minimum atomic E-state index is -0.907. The highest BCUT2D eigenvalue weighted by Crippen LogP contribution is 2.44. The van der Waals surface area contributed by atoms with E-state index in [2.05, 4.69) is 29.6 Å². The third kappa shape index (κ3) is 7.10. The average Bonchev–Trinajstić information content (AvgIpc) is 3.48. The second kappa shape index (κ2) is 12.5. The number of rotatable bonds is 9. The smallest absolute Gasteiger partial charge is 0.410 e. The quantitative estimate of drug-likeness (QED) is 0.307. The first-order valence-corrected chi connectivity index (χ1v) is 15.2. The molecule has 9 nitrogen and oxygen atoms in total. The van der Waals surface area contributed by atoms with Crippen molar-refractivity contribution in [3.63, 3.8) is 0 Å². The van der Waals surface area contributed by atoms with Crippen LogP contribution in [0.2, 0.25) is 0 Å². The van der Waals surface area contributed by atoms with Gasteiger partial charge >= 0.3 is 18.2 Å². The van der Waals surface area contributed by atoms with Gasteiger partial charge in [-0.3, -0.25) is 4.79 Å². The number of carboxylic acid groups (broad SMARTS) is 1. The summed E-state index contributed by atoms with van der Waals surface area (Å²) in [7, 11) is 0. The number of hydrogen-bond acceptors (Lipinski definition) is 7. The maximum absolute atomic E-state index is 13.4. The Balaban J connectivity index is 1.25. The molecule has 0 radical (unpaired) electrons. The van der Waals surface area contributed by atoms with Crippen LogP contribution in [-0.2, 0) is 33.7 Å². The summed E-state index contributed by atoms with van der Waals surface area (Å²) in [5.41, 5.74) is 4.98. The van der Waals surface area contributed by atoms with E-state index in [4.69, 9.17) is 19.6 Å². The molecule has 3 aromatic rings. The zero-order chi connectivity index (χ0) is 29.9. The van der Waals surface area contributed by atoms with Crippen LogP contribution in [0.15, 0.2) is 48.5 Å². The van der Waals surface area contributed by atoms with E-state index in [1.807, 2.05) is 45.0 Å². The third-order valence-electron chi connectivity index (χ3n) is 7.44. The predicted octanol–water partition coefficient (Wildman–Crippen LogP) is 6.14. The molecule has 2 amide bonds. The number of thiazole rings is 1. The van der Waals surface area contributed by atoms with Crippen molar-refractivity contribution in [1.82, 2.24) is 15.2 Å². The van der Waals surface area contributed by atoms with Crippen molar-refractivity contribution in [2.75, 3.05) is 13.2 Å². The molecule has 222 valence electrons. The second-order valence-corrected chi connectivity index (χ2v) is 13.0. The van der Waals surface area contributed by atoms with Crippen LogP contribution in [0.5, 0.6) is 0 Å². The van der Waals surface area contributed by atoms with E-state index in [0.29, 0.717) is 12.8 Å². The van der Waals surface area contributed by atoms with Crippen LogP contribution in [0, 0.1) is 0 Å². The van der Waals surface area contributed by atoms with Crippen LogP contribution in [0.1, 0.15) is 72.7 Å². The lowest BCUT2D eigenvalue weighted by atomic mass is 9.98. The van der Waals surface area contributed by atoms with Crippen LogP contribution in [0.4, 0.5) is 9.59 Å². The van der Waals surface area contributed by atoms with E-state index in [-0.39, 0.29) is 38.1 Å². The number of aryl methyl sites for hydroxylation is 1. The molecule has 2 N–H and O–H groups in total. The lowest BCUT2D eigenvalue weighted by Crippen LogP contribution is -2.41. The normalized spacial score (nSPS) is 15.7. The van der Waals surface area contributed by atoms with E-state index >= 15 is 0 Å². The molecule has 42 heavy (non-hydrogen) atoms. The SMILES string of the molecule is CC(C)(C)OC(=O)N[C@H]1CCc2nc(CN(CCCC(=O)O)C(=O)OCC3c4ccccc4-c4ccccc43)sc2C1. The first-order valence-electron chi connectivity index (χ1n) is 14.4. The fraction of sp³-hybridized carbons (Fsp3) is 0.438. The Labute approximate surface area is 249 Å². The molecule has 0 saturated carbocycles. The molecule has 2 aliphatic carbocycles. The number of carboxylic acids is 1. The summed E-state index contributed by atoms with van der Waals surface area (Å²) in [5.74, 6) is -0.973. The number of carbonyl (C=O) groups is 3. The summed E-state index contributed by atoms with van der Waals surface area (Å²) < 4.78 is 11.3. The molecule has 0 aliphatic heterocycles. The number of amides is 2. The van der Waals surface area contributed by atoms with Gasteiger partial charge in [0.1, 0.15) is 17.2 Å². The van der Waals surface area contributed by atoms with Crippen molar-refractivity contribution in [3.8, 4) is 11.1 Å². The van der Waals surface area contributed by atoms with Crippen LogP contribution in [0.3, 0.4) is 0 Å². The standard InChI is InChI=1S/C32H37N3O6S/c1-32(2,3)41-30(38)33-20-14-15-26-27(17-20)42-28(34-26)18-35(16-8-13-29(36)37)31(39)40-19-25-23-11-6-4-9-21(23)22-10-5-7-12-24(22)25/h4-7,9-12,20,25H,8,13-19H2,1-3H3,(H,33,38)(H,36,37)/t20-/m0/s1. The Morgan fingerprint density at radius 3 is 2.38 bits per heavy atom. The van der Waals surface area contributed by atoms with Gasteiger partial charge in [-0.2, -0.15) is 0 Å². The molecule has 0 bridgehead atoms. The summed E-state index contributed by atoms with van der Waals surface area (Å²) in [4.78, 5) is 44.3. The van der Waals surface area contributed by atoms with E-state index in [1.165, 1.54) is 11.3 Å². The highest BCUT2D eigenvalue weighted by atomic mass is 32.1. The Bertz CT molecular complexity index is 1420. The molecular formula is C32H37N3O6S.